The van der Waals surface area contributed by atoms with Crippen molar-refractivity contribution in [1.29, 1.82) is 0 Å². The lowest BCUT2D eigenvalue weighted by atomic mass is 9.93. The number of fused-ring (bicyclic) bond motifs is 6. The van der Waals surface area contributed by atoms with E-state index in [0.717, 1.165) is 17.6 Å². The number of hydrogen-bond acceptors (Lipinski definition) is 1. The summed E-state index contributed by atoms with van der Waals surface area (Å²) in [5.41, 5.74) is 6.19. The van der Waals surface area contributed by atoms with Gasteiger partial charge in [-0.3, -0.25) is 4.68 Å². The van der Waals surface area contributed by atoms with Crippen molar-refractivity contribution < 1.29 is 0 Å². The van der Waals surface area contributed by atoms with Gasteiger partial charge in [-0.05, 0) is 42.2 Å². The molecule has 0 aliphatic heterocycles. The second-order valence-electron chi connectivity index (χ2n) is 6.74. The Labute approximate surface area is 134 Å². The van der Waals surface area contributed by atoms with Crippen LogP contribution in [0.4, 0.5) is 0 Å². The monoisotopic (exact) mass is 301 g/mol. The zero-order chi connectivity index (χ0) is 15.7. The molecule has 1 atom stereocenters. The topological polar surface area (TPSA) is 35.9 Å². The Balaban J connectivity index is 1.98. The zero-order valence-electron chi connectivity index (χ0n) is 13.4. The smallest absolute Gasteiger partial charge is 0.0707 e. The van der Waals surface area contributed by atoms with Crippen molar-refractivity contribution in [3.63, 3.8) is 0 Å². The van der Waals surface area contributed by atoms with Crippen molar-refractivity contribution in [3.05, 3.63) is 53.7 Å². The number of nitrogen functional groups attached to an aromatic ring is 1. The molecule has 1 aliphatic carbocycles. The largest absolute Gasteiger partial charge is 0.344 e. The van der Waals surface area contributed by atoms with Gasteiger partial charge in [0, 0.05) is 34.2 Å². The molecule has 0 saturated carbocycles. The van der Waals surface area contributed by atoms with E-state index >= 15 is 0 Å². The van der Waals surface area contributed by atoms with Gasteiger partial charge in [0.15, 0.2) is 0 Å². The number of aryl methyl sites for hydroxylation is 1. The van der Waals surface area contributed by atoms with Crippen molar-refractivity contribution in [1.82, 2.24) is 9.24 Å². The molecule has 0 fully saturated rings. The van der Waals surface area contributed by atoms with Gasteiger partial charge in [0.25, 0.3) is 0 Å². The summed E-state index contributed by atoms with van der Waals surface area (Å²) in [6.07, 6.45) is 5.48. The molecule has 0 bridgehead atoms. The highest BCUT2D eigenvalue weighted by Gasteiger charge is 2.20. The molecule has 0 radical (unpaired) electrons. The number of allylic oxidation sites excluding steroid dienone is 1. The maximum absolute atomic E-state index is 6.41. The van der Waals surface area contributed by atoms with Crippen LogP contribution in [0.1, 0.15) is 18.2 Å². The summed E-state index contributed by atoms with van der Waals surface area (Å²) in [6.45, 7) is 2.26. The van der Waals surface area contributed by atoms with Crippen LogP contribution < -0.4 is 5.84 Å². The Morgan fingerprint density at radius 1 is 1.00 bits per heavy atom. The fourth-order valence-electron chi connectivity index (χ4n) is 4.09. The van der Waals surface area contributed by atoms with Crippen LogP contribution in [0.15, 0.2) is 42.5 Å². The minimum absolute atomic E-state index is 0.566. The molecule has 4 aromatic rings. The average Bonchev–Trinajstić information content (AvgIpc) is 3.00. The van der Waals surface area contributed by atoms with Crippen LogP contribution in [0.25, 0.3) is 38.8 Å². The predicted molar refractivity (Wildman–Crippen MR) is 98.0 cm³/mol. The predicted octanol–water partition coefficient (Wildman–Crippen LogP) is 4.21. The molecular weight excluding hydrogens is 282 g/mol. The Bertz CT molecular complexity index is 1120. The molecule has 1 aliphatic rings. The lowest BCUT2D eigenvalue weighted by Crippen LogP contribution is -2.12. The van der Waals surface area contributed by atoms with Gasteiger partial charge in [-0.2, -0.15) is 0 Å². The Morgan fingerprint density at radius 3 is 2.65 bits per heavy atom. The van der Waals surface area contributed by atoms with E-state index in [-0.39, 0.29) is 0 Å². The third-order valence-electron chi connectivity index (χ3n) is 5.29. The first-order chi connectivity index (χ1) is 11.1. The molecule has 3 nitrogen and oxygen atoms in total. The van der Waals surface area contributed by atoms with Gasteiger partial charge in [0.2, 0.25) is 0 Å². The summed E-state index contributed by atoms with van der Waals surface area (Å²) in [7, 11) is 2.14. The van der Waals surface area contributed by atoms with Gasteiger partial charge in [-0.15, -0.1) is 0 Å². The van der Waals surface area contributed by atoms with Gasteiger partial charge in [0.1, 0.15) is 0 Å². The summed E-state index contributed by atoms with van der Waals surface area (Å²) in [4.78, 5) is 0. The van der Waals surface area contributed by atoms with Crippen molar-refractivity contribution in [2.24, 2.45) is 13.0 Å². The first kappa shape index (κ1) is 12.8. The Morgan fingerprint density at radius 2 is 1.78 bits per heavy atom. The van der Waals surface area contributed by atoms with Crippen LogP contribution in [-0.4, -0.2) is 9.24 Å². The lowest BCUT2D eigenvalue weighted by Gasteiger charge is -2.13. The maximum atomic E-state index is 6.41. The Kier molecular flexibility index (Phi) is 2.34. The quantitative estimate of drug-likeness (QED) is 0.485. The van der Waals surface area contributed by atoms with Crippen LogP contribution >= 0.6 is 0 Å². The molecule has 114 valence electrons. The molecule has 0 amide bonds. The summed E-state index contributed by atoms with van der Waals surface area (Å²) in [5.74, 6) is 6.97. The number of para-hydroxylation sites is 1. The molecule has 3 heteroatoms. The summed E-state index contributed by atoms with van der Waals surface area (Å²) >= 11 is 0. The van der Waals surface area contributed by atoms with E-state index in [9.17, 15) is 0 Å². The van der Waals surface area contributed by atoms with Crippen molar-refractivity contribution in [2.75, 3.05) is 5.84 Å². The molecular formula is C20H19N3. The molecule has 2 heterocycles. The summed E-state index contributed by atoms with van der Waals surface area (Å²) in [5, 5.41) is 3.85. The standard InChI is InChI=1S/C20H19N3/c1-12-7-8-18-14(9-12)16-10-19-15(11-20(16)23(18)21)13-5-3-4-6-17(13)22(19)2/h3-8,10-12H,9,21H2,1-2H3. The molecule has 5 rings (SSSR count). The first-order valence-electron chi connectivity index (χ1n) is 8.13. The van der Waals surface area contributed by atoms with E-state index < -0.39 is 0 Å². The normalized spacial score (nSPS) is 17.4. The second kappa shape index (κ2) is 4.19. The van der Waals surface area contributed by atoms with E-state index in [2.05, 4.69) is 67.1 Å². The van der Waals surface area contributed by atoms with E-state index in [4.69, 9.17) is 5.84 Å². The fraction of sp³-hybridized carbons (Fsp3) is 0.200. The summed E-state index contributed by atoms with van der Waals surface area (Å²) < 4.78 is 4.14. The number of nitrogens with two attached hydrogens (primary N) is 1. The van der Waals surface area contributed by atoms with Crippen LogP contribution in [0, 0.1) is 5.92 Å². The minimum atomic E-state index is 0.566. The van der Waals surface area contributed by atoms with Crippen molar-refractivity contribution >= 4 is 38.8 Å². The van der Waals surface area contributed by atoms with Gasteiger partial charge >= 0.3 is 0 Å². The molecule has 2 N–H and O–H groups in total. The van der Waals surface area contributed by atoms with E-state index in [1.807, 2.05) is 4.68 Å². The molecule has 2 aromatic carbocycles. The number of hydrogen-bond donors (Lipinski definition) is 1. The van der Waals surface area contributed by atoms with Crippen molar-refractivity contribution in [3.8, 4) is 0 Å². The number of aromatic nitrogens is 2. The second-order valence-corrected chi connectivity index (χ2v) is 6.74. The van der Waals surface area contributed by atoms with E-state index in [0.29, 0.717) is 5.92 Å². The minimum Gasteiger partial charge on any atom is -0.344 e. The van der Waals surface area contributed by atoms with Crippen LogP contribution in [-0.2, 0) is 13.5 Å². The Hall–Kier alpha value is -2.68. The number of benzene rings is 2. The SMILES string of the molecule is CC1C=Cc2c(c3cc4c(cc3n2N)c2ccccc2n4C)C1. The zero-order valence-corrected chi connectivity index (χ0v) is 13.4. The van der Waals surface area contributed by atoms with Crippen molar-refractivity contribution in [2.45, 2.75) is 13.3 Å². The van der Waals surface area contributed by atoms with E-state index in [1.165, 1.54) is 32.8 Å². The molecule has 23 heavy (non-hydrogen) atoms. The highest BCUT2D eigenvalue weighted by Crippen LogP contribution is 2.37. The van der Waals surface area contributed by atoms with Crippen LogP contribution in [0.2, 0.25) is 0 Å². The van der Waals surface area contributed by atoms with E-state index in [1.54, 1.807) is 0 Å². The molecule has 2 aromatic heterocycles. The van der Waals surface area contributed by atoms with Gasteiger partial charge in [-0.1, -0.05) is 31.2 Å². The van der Waals surface area contributed by atoms with Crippen LogP contribution in [0.3, 0.4) is 0 Å². The van der Waals surface area contributed by atoms with Gasteiger partial charge < -0.3 is 10.4 Å². The molecule has 1 unspecified atom stereocenters. The average molecular weight is 301 g/mol. The van der Waals surface area contributed by atoms with Gasteiger partial charge in [-0.25, -0.2) is 0 Å². The lowest BCUT2D eigenvalue weighted by molar-refractivity contribution is 0.716. The van der Waals surface area contributed by atoms with Crippen LogP contribution in [0.5, 0.6) is 0 Å². The number of rotatable bonds is 0. The van der Waals surface area contributed by atoms with Gasteiger partial charge in [0.05, 0.1) is 11.2 Å². The maximum Gasteiger partial charge on any atom is 0.0707 e. The summed E-state index contributed by atoms with van der Waals surface area (Å²) in [6, 6.07) is 13.1. The molecule has 0 saturated heterocycles. The highest BCUT2D eigenvalue weighted by molar-refractivity contribution is 6.13. The third kappa shape index (κ3) is 1.54. The number of nitrogens with zero attached hydrogens (tertiary/aromatic N) is 2. The first-order valence-corrected chi connectivity index (χ1v) is 8.13. The third-order valence-corrected chi connectivity index (χ3v) is 5.29. The molecule has 0 spiro atoms. The fourth-order valence-corrected chi connectivity index (χ4v) is 4.09. The highest BCUT2D eigenvalue weighted by atomic mass is 15.3.